The van der Waals surface area contributed by atoms with Crippen LogP contribution < -0.4 is 14.2 Å². The number of aromatic nitrogens is 3. The van der Waals surface area contributed by atoms with E-state index < -0.39 is 23.9 Å². The van der Waals surface area contributed by atoms with Crippen molar-refractivity contribution in [2.24, 2.45) is 0 Å². The summed E-state index contributed by atoms with van der Waals surface area (Å²) in [6.45, 7) is -0.861. The normalized spacial score (nSPS) is 16.5. The van der Waals surface area contributed by atoms with Crippen LogP contribution in [0.2, 0.25) is 0 Å². The van der Waals surface area contributed by atoms with Crippen LogP contribution >= 0.6 is 0 Å². The predicted molar refractivity (Wildman–Crippen MR) is 88.1 cm³/mol. The summed E-state index contributed by atoms with van der Waals surface area (Å²) in [7, 11) is 1.53. The number of nitrogens with one attached hydrogen (secondary N) is 1. The maximum absolute atomic E-state index is 13.3. The number of nitrogens with zero attached hydrogens (tertiary/aromatic N) is 2. The van der Waals surface area contributed by atoms with Crippen LogP contribution in [0, 0.1) is 0 Å². The van der Waals surface area contributed by atoms with Gasteiger partial charge in [-0.1, -0.05) is 0 Å². The summed E-state index contributed by atoms with van der Waals surface area (Å²) in [6.07, 6.45) is -1.83. The van der Waals surface area contributed by atoms with E-state index in [2.05, 4.69) is 19.7 Å². The Morgan fingerprint density at radius 3 is 3.00 bits per heavy atom. The minimum absolute atomic E-state index is 0.105. The fraction of sp³-hybridized carbons (Fsp3) is 0.250. The summed E-state index contributed by atoms with van der Waals surface area (Å²) < 4.78 is 53.9. The third-order valence-electron chi connectivity index (χ3n) is 3.70. The molecule has 0 spiro atoms. The van der Waals surface area contributed by atoms with Crippen LogP contribution in [0.4, 0.5) is 8.78 Å². The zero-order valence-electron chi connectivity index (χ0n) is 13.5. The van der Waals surface area contributed by atoms with Crippen LogP contribution in [0.5, 0.6) is 17.2 Å². The highest BCUT2D eigenvalue weighted by molar-refractivity contribution is 7.90. The van der Waals surface area contributed by atoms with Crippen LogP contribution in [0.25, 0.3) is 11.0 Å². The second-order valence-electron chi connectivity index (χ2n) is 5.56. The van der Waals surface area contributed by atoms with Crippen LogP contribution in [0.1, 0.15) is 5.69 Å². The average Bonchev–Trinajstić information content (AvgIpc) is 3.02. The molecule has 1 atom stereocenters. The van der Waals surface area contributed by atoms with Gasteiger partial charge in [0.1, 0.15) is 5.75 Å². The van der Waals surface area contributed by atoms with Gasteiger partial charge in [-0.2, -0.15) is 13.8 Å². The standard InChI is InChI=1S/C16H13F2N3O4S/c1-23-10-2-3-19-9(4-10)7-26(22)15-20-11-5-13-14(6-12(11)21-15)25-16(17,18)8-24-13/h2-6H,7-8H2,1H3,(H,20,21). The molecule has 4 rings (SSSR count). The molecule has 136 valence electrons. The number of halogens is 2. The van der Waals surface area contributed by atoms with Gasteiger partial charge in [-0.15, -0.1) is 0 Å². The minimum atomic E-state index is -3.39. The smallest absolute Gasteiger partial charge is 0.433 e. The third-order valence-corrected chi connectivity index (χ3v) is 4.88. The van der Waals surface area contributed by atoms with Crippen molar-refractivity contribution < 1.29 is 27.5 Å². The first-order valence-corrected chi connectivity index (χ1v) is 8.86. The number of H-pyrrole nitrogens is 1. The number of imidazole rings is 1. The molecule has 7 nitrogen and oxygen atoms in total. The van der Waals surface area contributed by atoms with Gasteiger partial charge < -0.3 is 18.8 Å². The maximum Gasteiger partial charge on any atom is 0.433 e. The Bertz CT molecular complexity index is 966. The summed E-state index contributed by atoms with van der Waals surface area (Å²) in [5.74, 6) is 0.812. The summed E-state index contributed by atoms with van der Waals surface area (Å²) in [5.41, 5.74) is 1.44. The molecule has 3 aromatic rings. The molecule has 1 aliphatic rings. The molecule has 0 aliphatic carbocycles. The highest BCUT2D eigenvalue weighted by Crippen LogP contribution is 2.39. The number of methoxy groups -OCH3 is 1. The number of aromatic amines is 1. The van der Waals surface area contributed by atoms with Crippen LogP contribution in [-0.2, 0) is 16.9 Å². The van der Waals surface area contributed by atoms with Crippen molar-refractivity contribution >= 4 is 22.2 Å². The molecule has 1 unspecified atom stereocenters. The van der Waals surface area contributed by atoms with Crippen molar-refractivity contribution in [3.8, 4) is 17.2 Å². The first-order valence-electron chi connectivity index (χ1n) is 7.54. The van der Waals surface area contributed by atoms with Crippen LogP contribution in [0.15, 0.2) is 35.6 Å². The van der Waals surface area contributed by atoms with Gasteiger partial charge in [-0.05, 0) is 6.07 Å². The maximum atomic E-state index is 13.3. The quantitative estimate of drug-likeness (QED) is 0.699. The lowest BCUT2D eigenvalue weighted by molar-refractivity contribution is -0.208. The molecule has 0 amide bonds. The van der Waals surface area contributed by atoms with Crippen molar-refractivity contribution in [1.82, 2.24) is 15.0 Å². The van der Waals surface area contributed by atoms with Gasteiger partial charge in [0.25, 0.3) is 0 Å². The van der Waals surface area contributed by atoms with Crippen molar-refractivity contribution in [3.05, 3.63) is 36.2 Å². The van der Waals surface area contributed by atoms with Gasteiger partial charge in [0, 0.05) is 35.6 Å². The monoisotopic (exact) mass is 381 g/mol. The molecule has 0 saturated carbocycles. The Balaban J connectivity index is 1.60. The lowest BCUT2D eigenvalue weighted by Crippen LogP contribution is -2.35. The fourth-order valence-corrected chi connectivity index (χ4v) is 3.50. The Morgan fingerprint density at radius 1 is 1.35 bits per heavy atom. The van der Waals surface area contributed by atoms with Gasteiger partial charge in [-0.25, -0.2) is 0 Å². The van der Waals surface area contributed by atoms with Crippen LogP contribution in [0.3, 0.4) is 0 Å². The summed E-state index contributed by atoms with van der Waals surface area (Å²) in [5, 5.41) is 0.207. The molecule has 0 saturated heterocycles. The number of alkyl halides is 2. The van der Waals surface area contributed by atoms with E-state index in [9.17, 15) is 13.3 Å². The number of hydrogen-bond donors (Lipinski definition) is 1. The summed E-state index contributed by atoms with van der Waals surface area (Å²) in [4.78, 5) is 11.3. The predicted octanol–water partition coefficient (Wildman–Crippen LogP) is 2.64. The molecule has 10 heteroatoms. The van der Waals surface area contributed by atoms with E-state index in [0.717, 1.165) is 0 Å². The summed E-state index contributed by atoms with van der Waals surface area (Å²) >= 11 is -1.51. The highest BCUT2D eigenvalue weighted by atomic mass is 32.2. The first-order chi connectivity index (χ1) is 12.4. The summed E-state index contributed by atoms with van der Waals surface area (Å²) in [6, 6.07) is 6.20. The van der Waals surface area contributed by atoms with E-state index in [4.69, 9.17) is 9.47 Å². The SMILES string of the molecule is COc1ccnc(C[S+]([O-])c2nc3cc4c(cc3[nH]2)OCC(F)(F)O4)c1. The molecule has 26 heavy (non-hydrogen) atoms. The van der Waals surface area contributed by atoms with E-state index in [-0.39, 0.29) is 22.4 Å². The molecule has 0 radical (unpaired) electrons. The molecule has 0 bridgehead atoms. The topological polar surface area (TPSA) is 92.3 Å². The second-order valence-corrected chi connectivity index (χ2v) is 6.93. The molecule has 2 aromatic heterocycles. The lowest BCUT2D eigenvalue weighted by Gasteiger charge is -2.25. The van der Waals surface area contributed by atoms with Gasteiger partial charge in [0.15, 0.2) is 23.9 Å². The Labute approximate surface area is 149 Å². The van der Waals surface area contributed by atoms with Crippen molar-refractivity contribution in [3.63, 3.8) is 0 Å². The first kappa shape index (κ1) is 16.9. The number of hydrogen-bond acceptors (Lipinski definition) is 6. The Hall–Kier alpha value is -2.59. The molecule has 1 aliphatic heterocycles. The van der Waals surface area contributed by atoms with E-state index in [0.29, 0.717) is 22.5 Å². The number of pyridine rings is 1. The van der Waals surface area contributed by atoms with Gasteiger partial charge in [-0.3, -0.25) is 9.97 Å². The number of benzene rings is 1. The third kappa shape index (κ3) is 3.25. The molecule has 0 fully saturated rings. The lowest BCUT2D eigenvalue weighted by atomic mass is 10.2. The largest absolute Gasteiger partial charge is 0.609 e. The second kappa shape index (κ2) is 6.29. The Kier molecular flexibility index (Phi) is 4.08. The van der Waals surface area contributed by atoms with E-state index >= 15 is 0 Å². The van der Waals surface area contributed by atoms with Crippen molar-refractivity contribution in [2.45, 2.75) is 17.0 Å². The number of ether oxygens (including phenoxy) is 3. The molecule has 3 heterocycles. The van der Waals surface area contributed by atoms with Crippen molar-refractivity contribution in [1.29, 1.82) is 0 Å². The Morgan fingerprint density at radius 2 is 2.19 bits per heavy atom. The number of fused-ring (bicyclic) bond motifs is 2. The zero-order valence-corrected chi connectivity index (χ0v) is 14.3. The zero-order chi connectivity index (χ0) is 18.3. The van der Waals surface area contributed by atoms with Crippen molar-refractivity contribution in [2.75, 3.05) is 13.7 Å². The van der Waals surface area contributed by atoms with E-state index in [1.54, 1.807) is 18.3 Å². The van der Waals surface area contributed by atoms with Crippen LogP contribution in [-0.4, -0.2) is 39.3 Å². The highest BCUT2D eigenvalue weighted by Gasteiger charge is 2.38. The van der Waals surface area contributed by atoms with Gasteiger partial charge >= 0.3 is 11.3 Å². The molecular formula is C16H13F2N3O4S. The van der Waals surface area contributed by atoms with Gasteiger partial charge in [0.2, 0.25) is 0 Å². The van der Waals surface area contributed by atoms with E-state index in [1.807, 2.05) is 0 Å². The van der Waals surface area contributed by atoms with E-state index in [1.165, 1.54) is 19.2 Å². The minimum Gasteiger partial charge on any atom is -0.609 e. The fourth-order valence-electron chi connectivity index (χ4n) is 2.51. The molecule has 1 N–H and O–H groups in total. The average molecular weight is 381 g/mol. The van der Waals surface area contributed by atoms with Gasteiger partial charge in [0.05, 0.1) is 23.8 Å². The number of rotatable bonds is 4. The molecular weight excluding hydrogens is 368 g/mol. The molecule has 1 aromatic carbocycles.